The second-order valence-electron chi connectivity index (χ2n) is 5.89. The first kappa shape index (κ1) is 20.6. The van der Waals surface area contributed by atoms with Crippen molar-refractivity contribution < 1.29 is 23.1 Å². The molecule has 22 heavy (non-hydrogen) atoms. The van der Waals surface area contributed by atoms with Crippen molar-refractivity contribution in [1.29, 1.82) is 5.26 Å². The van der Waals surface area contributed by atoms with Gasteiger partial charge in [-0.05, 0) is 27.2 Å². The van der Waals surface area contributed by atoms with E-state index >= 15 is 0 Å². The highest BCUT2D eigenvalue weighted by atomic mass is 32.2. The Hall–Kier alpha value is -1.37. The van der Waals surface area contributed by atoms with Gasteiger partial charge in [0, 0.05) is 26.6 Å². The molecule has 0 aromatic carbocycles. The first-order valence-corrected chi connectivity index (χ1v) is 8.54. The van der Waals surface area contributed by atoms with E-state index in [0.717, 1.165) is 4.31 Å². The summed E-state index contributed by atoms with van der Waals surface area (Å²) in [7, 11) is -2.17. The average Bonchev–Trinajstić information content (AvgIpc) is 2.34. The lowest BCUT2D eigenvalue weighted by Gasteiger charge is -2.22. The van der Waals surface area contributed by atoms with Crippen LogP contribution < -0.4 is 5.32 Å². The highest BCUT2D eigenvalue weighted by Crippen LogP contribution is 2.07. The number of ether oxygens (including phenoxy) is 1. The van der Waals surface area contributed by atoms with Crippen LogP contribution >= 0.6 is 0 Å². The molecule has 0 bridgehead atoms. The lowest BCUT2D eigenvalue weighted by molar-refractivity contribution is 0.0486. The van der Waals surface area contributed by atoms with E-state index in [1.54, 1.807) is 20.8 Å². The number of hydrogen-bond donors (Lipinski definition) is 2. The quantitative estimate of drug-likeness (QED) is 0.621. The summed E-state index contributed by atoms with van der Waals surface area (Å²) in [6.45, 7) is 4.87. The minimum Gasteiger partial charge on any atom is -0.444 e. The van der Waals surface area contributed by atoms with Gasteiger partial charge in [0.15, 0.2) is 0 Å². The first-order valence-electron chi connectivity index (χ1n) is 6.94. The summed E-state index contributed by atoms with van der Waals surface area (Å²) in [5.41, 5.74) is -0.643. The molecule has 0 aliphatic heterocycles. The minimum atomic E-state index is -3.52. The third-order valence-electron chi connectivity index (χ3n) is 2.51. The second kappa shape index (κ2) is 8.92. The Bertz CT molecular complexity index is 493. The normalized spacial score (nSPS) is 13.5. The number of sulfonamides is 1. The van der Waals surface area contributed by atoms with E-state index in [-0.39, 0.29) is 31.7 Å². The van der Waals surface area contributed by atoms with Crippen LogP contribution in [0, 0.1) is 11.3 Å². The predicted molar refractivity (Wildman–Crippen MR) is 81.5 cm³/mol. The Morgan fingerprint density at radius 1 is 1.45 bits per heavy atom. The molecule has 9 heteroatoms. The summed E-state index contributed by atoms with van der Waals surface area (Å²) in [6.07, 6.45) is -1.32. The molecule has 0 aromatic heterocycles. The van der Waals surface area contributed by atoms with Gasteiger partial charge in [-0.2, -0.15) is 5.26 Å². The van der Waals surface area contributed by atoms with Crippen LogP contribution in [0.25, 0.3) is 0 Å². The number of aliphatic hydroxyl groups excluding tert-OH is 1. The van der Waals surface area contributed by atoms with Gasteiger partial charge in [-0.15, -0.1) is 0 Å². The van der Waals surface area contributed by atoms with Gasteiger partial charge in [0.25, 0.3) is 0 Å². The summed E-state index contributed by atoms with van der Waals surface area (Å²) < 4.78 is 29.7. The molecule has 0 heterocycles. The van der Waals surface area contributed by atoms with Gasteiger partial charge in [0.1, 0.15) is 5.60 Å². The summed E-state index contributed by atoms with van der Waals surface area (Å²) in [5.74, 6) is -0.150. The number of aliphatic hydroxyl groups is 1. The molecule has 1 amide bonds. The Balaban J connectivity index is 4.23. The number of nitrogens with one attached hydrogen (secondary N) is 1. The molecular formula is C13H25N3O5S. The molecular weight excluding hydrogens is 310 g/mol. The number of hydrogen-bond acceptors (Lipinski definition) is 6. The predicted octanol–water partition coefficient (Wildman–Crippen LogP) is 0.437. The SMILES string of the molecule is CN(CC(O)CNC(=O)OC(C)(C)C)S(=O)(=O)CCCC#N. The van der Waals surface area contributed by atoms with Crippen LogP contribution in [-0.4, -0.2) is 61.5 Å². The van der Waals surface area contributed by atoms with E-state index in [9.17, 15) is 18.3 Å². The van der Waals surface area contributed by atoms with Crippen molar-refractivity contribution in [3.63, 3.8) is 0 Å². The smallest absolute Gasteiger partial charge is 0.407 e. The lowest BCUT2D eigenvalue weighted by Crippen LogP contribution is -2.42. The number of unbranched alkanes of at least 4 members (excludes halogenated alkanes) is 1. The van der Waals surface area contributed by atoms with E-state index in [1.165, 1.54) is 7.05 Å². The third kappa shape index (κ3) is 9.55. The Morgan fingerprint density at radius 3 is 2.55 bits per heavy atom. The number of amides is 1. The van der Waals surface area contributed by atoms with E-state index in [4.69, 9.17) is 10.00 Å². The van der Waals surface area contributed by atoms with E-state index in [0.29, 0.717) is 0 Å². The molecule has 1 unspecified atom stereocenters. The van der Waals surface area contributed by atoms with Crippen LogP contribution in [0.15, 0.2) is 0 Å². The van der Waals surface area contributed by atoms with Gasteiger partial charge >= 0.3 is 6.09 Å². The maximum atomic E-state index is 11.9. The molecule has 0 fully saturated rings. The molecule has 8 nitrogen and oxygen atoms in total. The van der Waals surface area contributed by atoms with Crippen LogP contribution in [0.4, 0.5) is 4.79 Å². The zero-order valence-corrected chi connectivity index (χ0v) is 14.3. The highest BCUT2D eigenvalue weighted by Gasteiger charge is 2.21. The number of carbonyl (C=O) groups is 1. The Morgan fingerprint density at radius 2 is 2.05 bits per heavy atom. The molecule has 0 saturated heterocycles. The molecule has 0 radical (unpaired) electrons. The maximum Gasteiger partial charge on any atom is 0.407 e. The van der Waals surface area contributed by atoms with Gasteiger partial charge < -0.3 is 15.2 Å². The maximum absolute atomic E-state index is 11.9. The van der Waals surface area contributed by atoms with Crippen molar-refractivity contribution in [2.24, 2.45) is 0 Å². The van der Waals surface area contributed by atoms with Crippen LogP contribution in [0.3, 0.4) is 0 Å². The second-order valence-corrected chi connectivity index (χ2v) is 8.09. The van der Waals surface area contributed by atoms with Crippen LogP contribution in [-0.2, 0) is 14.8 Å². The minimum absolute atomic E-state index is 0.118. The number of nitrogens with zero attached hydrogens (tertiary/aromatic N) is 2. The average molecular weight is 335 g/mol. The zero-order valence-electron chi connectivity index (χ0n) is 13.5. The Kier molecular flexibility index (Phi) is 8.37. The fourth-order valence-corrected chi connectivity index (χ4v) is 2.70. The zero-order chi connectivity index (χ0) is 17.4. The topological polar surface area (TPSA) is 120 Å². The largest absolute Gasteiger partial charge is 0.444 e. The van der Waals surface area contributed by atoms with Gasteiger partial charge in [-0.1, -0.05) is 0 Å². The van der Waals surface area contributed by atoms with Crippen molar-refractivity contribution in [3.8, 4) is 6.07 Å². The van der Waals surface area contributed by atoms with Crippen molar-refractivity contribution in [2.45, 2.75) is 45.3 Å². The van der Waals surface area contributed by atoms with Crippen molar-refractivity contribution in [3.05, 3.63) is 0 Å². The standard InChI is InChI=1S/C13H25N3O5S/c1-13(2,3)21-12(18)15-9-11(17)10-16(4)22(19,20)8-6-5-7-14/h11,17H,5-6,8-10H2,1-4H3,(H,15,18). The number of nitriles is 1. The molecule has 0 saturated carbocycles. The van der Waals surface area contributed by atoms with E-state index in [2.05, 4.69) is 5.32 Å². The molecule has 1 atom stereocenters. The first-order chi connectivity index (χ1) is 9.98. The summed E-state index contributed by atoms with van der Waals surface area (Å²) >= 11 is 0. The third-order valence-corrected chi connectivity index (χ3v) is 4.42. The molecule has 0 aliphatic rings. The number of rotatable bonds is 8. The monoisotopic (exact) mass is 335 g/mol. The van der Waals surface area contributed by atoms with Crippen LogP contribution in [0.2, 0.25) is 0 Å². The molecule has 2 N–H and O–H groups in total. The van der Waals surface area contributed by atoms with Gasteiger partial charge in [-0.3, -0.25) is 0 Å². The summed E-state index contributed by atoms with van der Waals surface area (Å²) in [5, 5.41) is 20.5. The van der Waals surface area contributed by atoms with Gasteiger partial charge in [0.05, 0.1) is 17.9 Å². The lowest BCUT2D eigenvalue weighted by atomic mass is 10.2. The summed E-state index contributed by atoms with van der Waals surface area (Å²) in [4.78, 5) is 11.4. The molecule has 0 aliphatic carbocycles. The molecule has 0 spiro atoms. The number of carbonyl (C=O) groups excluding carboxylic acids is 1. The van der Waals surface area contributed by atoms with Gasteiger partial charge in [0.2, 0.25) is 10.0 Å². The number of likely N-dealkylation sites (N-methyl/N-ethyl adjacent to an activating group) is 1. The van der Waals surface area contributed by atoms with Crippen molar-refractivity contribution in [1.82, 2.24) is 9.62 Å². The molecule has 128 valence electrons. The fourth-order valence-electron chi connectivity index (χ4n) is 1.48. The van der Waals surface area contributed by atoms with Crippen LogP contribution in [0.1, 0.15) is 33.6 Å². The van der Waals surface area contributed by atoms with Crippen LogP contribution in [0.5, 0.6) is 0 Å². The fraction of sp³-hybridized carbons (Fsp3) is 0.846. The van der Waals surface area contributed by atoms with Gasteiger partial charge in [-0.25, -0.2) is 17.5 Å². The van der Waals surface area contributed by atoms with Crippen molar-refractivity contribution >= 4 is 16.1 Å². The summed E-state index contributed by atoms with van der Waals surface area (Å²) in [6, 6.07) is 1.88. The van der Waals surface area contributed by atoms with E-state index in [1.807, 2.05) is 6.07 Å². The number of alkyl carbamates (subject to hydrolysis) is 1. The van der Waals surface area contributed by atoms with Crippen molar-refractivity contribution in [2.75, 3.05) is 25.9 Å². The molecule has 0 rings (SSSR count). The molecule has 0 aromatic rings. The van der Waals surface area contributed by atoms with E-state index < -0.39 is 27.8 Å². The Labute approximate surface area is 132 Å². The highest BCUT2D eigenvalue weighted by molar-refractivity contribution is 7.89.